The van der Waals surface area contributed by atoms with Crippen LogP contribution in [-0.4, -0.2) is 37.6 Å². The molecular weight excluding hydrogens is 346 g/mol. The summed E-state index contributed by atoms with van der Waals surface area (Å²) in [6.07, 6.45) is -2.83. The molecule has 2 aromatic rings. The predicted octanol–water partition coefficient (Wildman–Crippen LogP) is 3.39. The minimum atomic E-state index is -4.14. The van der Waals surface area contributed by atoms with Gasteiger partial charge in [0.05, 0.1) is 11.4 Å². The van der Waals surface area contributed by atoms with Gasteiger partial charge in [-0.3, -0.25) is 4.99 Å². The van der Waals surface area contributed by atoms with Crippen molar-refractivity contribution in [2.24, 2.45) is 4.99 Å². The van der Waals surface area contributed by atoms with Gasteiger partial charge in [0.2, 0.25) is 0 Å². The molecule has 0 saturated carbocycles. The number of aryl methyl sites for hydroxylation is 2. The maximum Gasteiger partial charge on any atom is 0.266 e. The lowest BCUT2D eigenvalue weighted by atomic mass is 10.1. The predicted molar refractivity (Wildman–Crippen MR) is 92.6 cm³/mol. The Morgan fingerprint density at radius 2 is 1.76 bits per heavy atom. The zero-order chi connectivity index (χ0) is 18.2. The second kappa shape index (κ2) is 6.55. The molecule has 1 aliphatic rings. The molecular formula is C18H18F2N2O2S. The van der Waals surface area contributed by atoms with Gasteiger partial charge < -0.3 is 0 Å². The first-order valence-corrected chi connectivity index (χ1v) is 9.25. The van der Waals surface area contributed by atoms with Crippen LogP contribution in [0, 0.1) is 13.8 Å². The van der Waals surface area contributed by atoms with E-state index >= 15 is 0 Å². The van der Waals surface area contributed by atoms with Gasteiger partial charge in [-0.05, 0) is 32.0 Å². The summed E-state index contributed by atoms with van der Waals surface area (Å²) in [5, 5.41) is 0. The summed E-state index contributed by atoms with van der Waals surface area (Å²) in [4.78, 5) is 4.10. The summed E-state index contributed by atoms with van der Waals surface area (Å²) in [7, 11) is -4.14. The van der Waals surface area contributed by atoms with Crippen molar-refractivity contribution in [2.75, 3.05) is 6.54 Å². The van der Waals surface area contributed by atoms with Gasteiger partial charge in [0.25, 0.3) is 16.4 Å². The van der Waals surface area contributed by atoms with Gasteiger partial charge in [0, 0.05) is 5.56 Å². The van der Waals surface area contributed by atoms with Crippen molar-refractivity contribution in [2.45, 2.75) is 31.2 Å². The fourth-order valence-electron chi connectivity index (χ4n) is 2.78. The standard InChI is InChI=1S/C18H18F2N2O2S/c1-12-6-8-15(9-7-12)25(23,24)22-16(17(19)20)11-21-18(22)14-5-3-4-13(2)10-14/h3-10,16-17H,11H2,1-2H3. The number of amidine groups is 1. The molecule has 1 unspecified atom stereocenters. The average Bonchev–Trinajstić information content (AvgIpc) is 3.01. The number of aliphatic imine (C=N–C) groups is 1. The lowest BCUT2D eigenvalue weighted by molar-refractivity contribution is 0.0917. The van der Waals surface area contributed by atoms with E-state index in [0.717, 1.165) is 15.4 Å². The molecule has 1 aliphatic heterocycles. The summed E-state index contributed by atoms with van der Waals surface area (Å²) in [5.41, 5.74) is 2.30. The van der Waals surface area contributed by atoms with Crippen LogP contribution in [0.15, 0.2) is 58.4 Å². The molecule has 132 valence electrons. The third-order valence-corrected chi connectivity index (χ3v) is 5.91. The van der Waals surface area contributed by atoms with E-state index in [2.05, 4.69) is 4.99 Å². The lowest BCUT2D eigenvalue weighted by Gasteiger charge is -2.27. The second-order valence-corrected chi connectivity index (χ2v) is 7.86. The van der Waals surface area contributed by atoms with Gasteiger partial charge in [-0.15, -0.1) is 0 Å². The number of halogens is 2. The molecule has 1 atom stereocenters. The Morgan fingerprint density at radius 3 is 2.36 bits per heavy atom. The zero-order valence-electron chi connectivity index (χ0n) is 13.9. The molecule has 0 saturated heterocycles. The molecule has 1 heterocycles. The van der Waals surface area contributed by atoms with Crippen LogP contribution >= 0.6 is 0 Å². The highest BCUT2D eigenvalue weighted by Gasteiger charge is 2.43. The second-order valence-electron chi connectivity index (χ2n) is 6.05. The zero-order valence-corrected chi connectivity index (χ0v) is 14.7. The fourth-order valence-corrected chi connectivity index (χ4v) is 4.39. The average molecular weight is 364 g/mol. The minimum absolute atomic E-state index is 0.0222. The number of hydrogen-bond acceptors (Lipinski definition) is 3. The molecule has 7 heteroatoms. The molecule has 0 bridgehead atoms. The first-order chi connectivity index (χ1) is 11.8. The first kappa shape index (κ1) is 17.5. The van der Waals surface area contributed by atoms with Crippen molar-refractivity contribution in [3.8, 4) is 0 Å². The number of hydrogen-bond donors (Lipinski definition) is 0. The summed E-state index contributed by atoms with van der Waals surface area (Å²) < 4.78 is 53.8. The Morgan fingerprint density at radius 1 is 1.08 bits per heavy atom. The summed E-state index contributed by atoms with van der Waals surface area (Å²) in [6, 6.07) is 11.7. The van der Waals surface area contributed by atoms with Crippen LogP contribution < -0.4 is 0 Å². The maximum atomic E-state index is 13.5. The van der Waals surface area contributed by atoms with E-state index in [1.165, 1.54) is 12.1 Å². The van der Waals surface area contributed by atoms with E-state index in [0.29, 0.717) is 5.56 Å². The highest BCUT2D eigenvalue weighted by atomic mass is 32.2. The smallest absolute Gasteiger partial charge is 0.265 e. The maximum absolute atomic E-state index is 13.5. The van der Waals surface area contributed by atoms with E-state index in [1.807, 2.05) is 19.9 Å². The Bertz CT molecular complexity index is 909. The Labute approximate surface area is 145 Å². The van der Waals surface area contributed by atoms with Gasteiger partial charge >= 0.3 is 0 Å². The molecule has 2 aromatic carbocycles. The van der Waals surface area contributed by atoms with Crippen LogP contribution in [0.2, 0.25) is 0 Å². The molecule has 0 spiro atoms. The van der Waals surface area contributed by atoms with Crippen LogP contribution in [0.3, 0.4) is 0 Å². The number of nitrogens with zero attached hydrogens (tertiary/aromatic N) is 2. The van der Waals surface area contributed by atoms with Gasteiger partial charge in [-0.1, -0.05) is 41.5 Å². The quantitative estimate of drug-likeness (QED) is 0.835. The van der Waals surface area contributed by atoms with Crippen molar-refractivity contribution in [1.29, 1.82) is 0 Å². The SMILES string of the molecule is Cc1ccc(S(=O)(=O)N2C(c3cccc(C)c3)=NCC2C(F)F)cc1. The van der Waals surface area contributed by atoms with Crippen molar-refractivity contribution >= 4 is 15.9 Å². The summed E-state index contributed by atoms with van der Waals surface area (Å²) in [5.74, 6) is 0.0644. The molecule has 4 nitrogen and oxygen atoms in total. The lowest BCUT2D eigenvalue weighted by Crippen LogP contribution is -2.45. The van der Waals surface area contributed by atoms with Gasteiger partial charge in [-0.2, -0.15) is 0 Å². The van der Waals surface area contributed by atoms with Crippen LogP contribution in [0.1, 0.15) is 16.7 Å². The molecule has 0 fully saturated rings. The Hall–Kier alpha value is -2.28. The largest absolute Gasteiger partial charge is 0.266 e. The van der Waals surface area contributed by atoms with Crippen LogP contribution in [-0.2, 0) is 10.0 Å². The van der Waals surface area contributed by atoms with Crippen LogP contribution in [0.4, 0.5) is 8.78 Å². The third kappa shape index (κ3) is 3.28. The highest BCUT2D eigenvalue weighted by Crippen LogP contribution is 2.29. The molecule has 0 N–H and O–H groups in total. The van der Waals surface area contributed by atoms with Crippen molar-refractivity contribution in [3.05, 3.63) is 65.2 Å². The molecule has 0 radical (unpaired) electrons. The van der Waals surface area contributed by atoms with Gasteiger partial charge in [0.1, 0.15) is 11.9 Å². The van der Waals surface area contributed by atoms with E-state index in [4.69, 9.17) is 0 Å². The van der Waals surface area contributed by atoms with Crippen molar-refractivity contribution < 1.29 is 17.2 Å². The Balaban J connectivity index is 2.10. The number of rotatable bonds is 4. The molecule has 25 heavy (non-hydrogen) atoms. The Kier molecular flexibility index (Phi) is 4.60. The molecule has 0 aliphatic carbocycles. The molecule has 0 amide bonds. The van der Waals surface area contributed by atoms with E-state index in [1.54, 1.807) is 30.3 Å². The molecule has 0 aromatic heterocycles. The number of alkyl halides is 2. The van der Waals surface area contributed by atoms with Crippen molar-refractivity contribution in [1.82, 2.24) is 4.31 Å². The van der Waals surface area contributed by atoms with E-state index in [-0.39, 0.29) is 17.3 Å². The highest BCUT2D eigenvalue weighted by molar-refractivity contribution is 7.89. The first-order valence-electron chi connectivity index (χ1n) is 7.81. The minimum Gasteiger partial charge on any atom is -0.265 e. The number of benzene rings is 2. The number of sulfonamides is 1. The van der Waals surface area contributed by atoms with Crippen LogP contribution in [0.25, 0.3) is 0 Å². The normalized spacial score (nSPS) is 17.9. The topological polar surface area (TPSA) is 49.7 Å². The van der Waals surface area contributed by atoms with Gasteiger partial charge in [0.15, 0.2) is 0 Å². The molecule has 3 rings (SSSR count). The van der Waals surface area contributed by atoms with E-state index in [9.17, 15) is 17.2 Å². The van der Waals surface area contributed by atoms with Crippen LogP contribution in [0.5, 0.6) is 0 Å². The third-order valence-electron chi connectivity index (χ3n) is 4.08. The fraction of sp³-hybridized carbons (Fsp3) is 0.278. The summed E-state index contributed by atoms with van der Waals surface area (Å²) in [6.45, 7) is 3.42. The van der Waals surface area contributed by atoms with E-state index < -0.39 is 22.5 Å². The van der Waals surface area contributed by atoms with Gasteiger partial charge in [-0.25, -0.2) is 21.5 Å². The monoisotopic (exact) mass is 364 g/mol. The summed E-state index contributed by atoms with van der Waals surface area (Å²) >= 11 is 0. The van der Waals surface area contributed by atoms with Crippen molar-refractivity contribution in [3.63, 3.8) is 0 Å².